The quantitative estimate of drug-likeness (QED) is 0.766. The first kappa shape index (κ1) is 13.1. The van der Waals surface area contributed by atoms with Crippen LogP contribution in [-0.4, -0.2) is 11.8 Å². The predicted molar refractivity (Wildman–Crippen MR) is 61.1 cm³/mol. The Morgan fingerprint density at radius 3 is 2.29 bits per heavy atom. The Labute approximate surface area is 90.9 Å². The Morgan fingerprint density at radius 2 is 1.86 bits per heavy atom. The van der Waals surface area contributed by atoms with Crippen LogP contribution in [0.3, 0.4) is 0 Å². The van der Waals surface area contributed by atoms with Crippen molar-refractivity contribution in [3.63, 3.8) is 0 Å². The van der Waals surface area contributed by atoms with Crippen LogP contribution < -0.4 is 5.73 Å². The maximum atomic E-state index is 11.5. The van der Waals surface area contributed by atoms with Crippen molar-refractivity contribution >= 4 is 18.2 Å². The summed E-state index contributed by atoms with van der Waals surface area (Å²) in [4.78, 5) is 11.5. The van der Waals surface area contributed by atoms with E-state index in [0.29, 0.717) is 5.56 Å². The number of halogens is 1. The summed E-state index contributed by atoms with van der Waals surface area (Å²) < 4.78 is 0. The van der Waals surface area contributed by atoms with Gasteiger partial charge in [-0.1, -0.05) is 12.1 Å². The fourth-order valence-corrected chi connectivity index (χ4v) is 1.16. The van der Waals surface area contributed by atoms with E-state index in [9.17, 15) is 4.79 Å². The molecule has 0 radical (unpaired) electrons. The predicted octanol–water partition coefficient (Wildman–Crippen LogP) is 2.26. The van der Waals surface area contributed by atoms with Gasteiger partial charge in [0.1, 0.15) is 0 Å². The van der Waals surface area contributed by atoms with Gasteiger partial charge >= 0.3 is 0 Å². The van der Waals surface area contributed by atoms with E-state index < -0.39 is 6.04 Å². The van der Waals surface area contributed by atoms with Crippen LogP contribution in [0.4, 0.5) is 0 Å². The first-order valence-corrected chi connectivity index (χ1v) is 4.39. The molecule has 1 rings (SSSR count). The molecule has 1 unspecified atom stereocenters. The zero-order valence-corrected chi connectivity index (χ0v) is 9.52. The van der Waals surface area contributed by atoms with E-state index >= 15 is 0 Å². The van der Waals surface area contributed by atoms with Crippen molar-refractivity contribution in [1.29, 1.82) is 0 Å². The van der Waals surface area contributed by atoms with Gasteiger partial charge in [0.2, 0.25) is 0 Å². The third-order valence-electron chi connectivity index (χ3n) is 2.20. The lowest BCUT2D eigenvalue weighted by atomic mass is 10.0. The maximum absolute atomic E-state index is 11.5. The second-order valence-electron chi connectivity index (χ2n) is 3.45. The molecule has 0 saturated carbocycles. The highest BCUT2D eigenvalue weighted by Crippen LogP contribution is 2.10. The molecule has 0 aliphatic carbocycles. The van der Waals surface area contributed by atoms with Crippen LogP contribution in [0.2, 0.25) is 0 Å². The third kappa shape index (κ3) is 2.82. The Morgan fingerprint density at radius 1 is 1.29 bits per heavy atom. The third-order valence-corrected chi connectivity index (χ3v) is 2.20. The van der Waals surface area contributed by atoms with Crippen LogP contribution in [-0.2, 0) is 0 Å². The molecule has 1 atom stereocenters. The molecule has 0 aliphatic rings. The van der Waals surface area contributed by atoms with Crippen molar-refractivity contribution in [1.82, 2.24) is 0 Å². The number of aryl methyl sites for hydroxylation is 2. The normalized spacial score (nSPS) is 11.7. The fraction of sp³-hybridized carbons (Fsp3) is 0.364. The number of carbonyl (C=O) groups is 1. The SMILES string of the molecule is Cc1ccc(C(=O)C(C)N)cc1C.Cl. The second kappa shape index (κ2) is 5.13. The van der Waals surface area contributed by atoms with Crippen LogP contribution >= 0.6 is 12.4 Å². The van der Waals surface area contributed by atoms with Crippen molar-refractivity contribution in [3.05, 3.63) is 34.9 Å². The molecule has 0 aliphatic heterocycles. The van der Waals surface area contributed by atoms with Gasteiger partial charge in [0.05, 0.1) is 6.04 Å². The minimum atomic E-state index is -0.415. The van der Waals surface area contributed by atoms with Crippen LogP contribution in [0.1, 0.15) is 28.4 Å². The van der Waals surface area contributed by atoms with E-state index in [1.807, 2.05) is 32.0 Å². The summed E-state index contributed by atoms with van der Waals surface area (Å²) >= 11 is 0. The van der Waals surface area contributed by atoms with Crippen molar-refractivity contribution in [2.24, 2.45) is 5.73 Å². The lowest BCUT2D eigenvalue weighted by Gasteiger charge is -2.06. The van der Waals surface area contributed by atoms with Gasteiger partial charge in [0.25, 0.3) is 0 Å². The molecule has 0 bridgehead atoms. The Kier molecular flexibility index (Phi) is 4.81. The van der Waals surface area contributed by atoms with Gasteiger partial charge in [-0.25, -0.2) is 0 Å². The molecule has 1 aromatic carbocycles. The largest absolute Gasteiger partial charge is 0.321 e. The number of benzene rings is 1. The molecular weight excluding hydrogens is 198 g/mol. The van der Waals surface area contributed by atoms with Crippen LogP contribution in [0, 0.1) is 13.8 Å². The molecule has 0 saturated heterocycles. The molecule has 0 spiro atoms. The molecule has 0 fully saturated rings. The molecular formula is C11H16ClNO. The van der Waals surface area contributed by atoms with Crippen LogP contribution in [0.25, 0.3) is 0 Å². The van der Waals surface area contributed by atoms with Crippen molar-refractivity contribution in [2.45, 2.75) is 26.8 Å². The first-order chi connectivity index (χ1) is 6.02. The smallest absolute Gasteiger partial charge is 0.179 e. The highest BCUT2D eigenvalue weighted by molar-refractivity contribution is 5.99. The van der Waals surface area contributed by atoms with Gasteiger partial charge in [0.15, 0.2) is 5.78 Å². The summed E-state index contributed by atoms with van der Waals surface area (Å²) in [6, 6.07) is 5.25. The van der Waals surface area contributed by atoms with Gasteiger partial charge in [-0.2, -0.15) is 0 Å². The molecule has 0 aromatic heterocycles. The van der Waals surface area contributed by atoms with E-state index in [1.54, 1.807) is 6.92 Å². The minimum absolute atomic E-state index is 0. The minimum Gasteiger partial charge on any atom is -0.321 e. The zero-order chi connectivity index (χ0) is 10.0. The topological polar surface area (TPSA) is 43.1 Å². The number of Topliss-reactive ketones (excluding diaryl/α,β-unsaturated/α-hetero) is 1. The summed E-state index contributed by atoms with van der Waals surface area (Å²) in [5.74, 6) is 0.00287. The van der Waals surface area contributed by atoms with Gasteiger partial charge in [-0.05, 0) is 38.0 Å². The number of hydrogen-bond acceptors (Lipinski definition) is 2. The fourth-order valence-electron chi connectivity index (χ4n) is 1.16. The van der Waals surface area contributed by atoms with Gasteiger partial charge in [-0.3, -0.25) is 4.79 Å². The van der Waals surface area contributed by atoms with Crippen molar-refractivity contribution in [2.75, 3.05) is 0 Å². The van der Waals surface area contributed by atoms with E-state index in [4.69, 9.17) is 5.73 Å². The lowest BCUT2D eigenvalue weighted by molar-refractivity contribution is 0.0968. The average molecular weight is 214 g/mol. The molecule has 14 heavy (non-hydrogen) atoms. The summed E-state index contributed by atoms with van der Waals surface area (Å²) in [6.45, 7) is 5.72. The number of carbonyl (C=O) groups excluding carboxylic acids is 1. The maximum Gasteiger partial charge on any atom is 0.179 e. The molecule has 78 valence electrons. The number of nitrogens with two attached hydrogens (primary N) is 1. The van der Waals surface area contributed by atoms with Crippen molar-refractivity contribution < 1.29 is 4.79 Å². The lowest BCUT2D eigenvalue weighted by Crippen LogP contribution is -2.26. The monoisotopic (exact) mass is 213 g/mol. The molecule has 1 aromatic rings. The standard InChI is InChI=1S/C11H15NO.ClH/c1-7-4-5-10(6-8(7)2)11(13)9(3)12;/h4-6,9H,12H2,1-3H3;1H. The first-order valence-electron chi connectivity index (χ1n) is 4.39. The Bertz CT molecular complexity index is 334. The van der Waals surface area contributed by atoms with Gasteiger partial charge in [-0.15, -0.1) is 12.4 Å². The van der Waals surface area contributed by atoms with E-state index in [1.165, 1.54) is 5.56 Å². The number of ketones is 1. The van der Waals surface area contributed by atoms with E-state index in [0.717, 1.165) is 5.56 Å². The Balaban J connectivity index is 0.00000169. The number of hydrogen-bond donors (Lipinski definition) is 1. The molecule has 0 amide bonds. The molecule has 2 N–H and O–H groups in total. The van der Waals surface area contributed by atoms with E-state index in [-0.39, 0.29) is 18.2 Å². The average Bonchev–Trinajstić information content (AvgIpc) is 2.08. The highest BCUT2D eigenvalue weighted by Gasteiger charge is 2.10. The number of rotatable bonds is 2. The zero-order valence-electron chi connectivity index (χ0n) is 8.70. The highest BCUT2D eigenvalue weighted by atomic mass is 35.5. The van der Waals surface area contributed by atoms with Crippen molar-refractivity contribution in [3.8, 4) is 0 Å². The van der Waals surface area contributed by atoms with Crippen LogP contribution in [0.5, 0.6) is 0 Å². The molecule has 3 heteroatoms. The Hall–Kier alpha value is -0.860. The summed E-state index contributed by atoms with van der Waals surface area (Å²) in [6.07, 6.45) is 0. The summed E-state index contributed by atoms with van der Waals surface area (Å²) in [5, 5.41) is 0. The molecule has 0 heterocycles. The van der Waals surface area contributed by atoms with E-state index in [2.05, 4.69) is 0 Å². The molecule has 2 nitrogen and oxygen atoms in total. The summed E-state index contributed by atoms with van der Waals surface area (Å²) in [5.41, 5.74) is 8.54. The summed E-state index contributed by atoms with van der Waals surface area (Å²) in [7, 11) is 0. The second-order valence-corrected chi connectivity index (χ2v) is 3.45. The van der Waals surface area contributed by atoms with Crippen LogP contribution in [0.15, 0.2) is 18.2 Å². The van der Waals surface area contributed by atoms with Gasteiger partial charge < -0.3 is 5.73 Å². The van der Waals surface area contributed by atoms with Gasteiger partial charge in [0, 0.05) is 5.56 Å².